The van der Waals surface area contributed by atoms with Crippen molar-refractivity contribution in [1.82, 2.24) is 10.1 Å². The lowest BCUT2D eigenvalue weighted by atomic mass is 10.1. The summed E-state index contributed by atoms with van der Waals surface area (Å²) in [5.41, 5.74) is 0.622. The molecule has 6 nitrogen and oxygen atoms in total. The monoisotopic (exact) mass is 342 g/mol. The van der Waals surface area contributed by atoms with Crippen LogP contribution in [0.4, 0.5) is 4.39 Å². The predicted octanol–water partition coefficient (Wildman–Crippen LogP) is 3.29. The van der Waals surface area contributed by atoms with Crippen molar-refractivity contribution in [3.05, 3.63) is 65.8 Å². The quantitative estimate of drug-likeness (QED) is 0.730. The molecule has 25 heavy (non-hydrogen) atoms. The number of amides is 1. The van der Waals surface area contributed by atoms with E-state index in [1.807, 2.05) is 0 Å². The summed E-state index contributed by atoms with van der Waals surface area (Å²) in [6.07, 6.45) is 1.01. The molecule has 1 unspecified atom stereocenters. The molecule has 3 aromatic rings. The lowest BCUT2D eigenvalue weighted by Gasteiger charge is -2.32. The van der Waals surface area contributed by atoms with Gasteiger partial charge < -0.3 is 18.6 Å². The molecule has 1 atom stereocenters. The number of furan rings is 1. The number of ether oxygens (including phenoxy) is 1. The normalized spacial score (nSPS) is 17.6. The van der Waals surface area contributed by atoms with E-state index in [2.05, 4.69) is 5.16 Å². The topological polar surface area (TPSA) is 68.7 Å². The van der Waals surface area contributed by atoms with Gasteiger partial charge in [0.05, 0.1) is 19.4 Å². The lowest BCUT2D eigenvalue weighted by molar-refractivity contribution is -0.0246. The highest BCUT2D eigenvalue weighted by Crippen LogP contribution is 2.26. The number of nitrogens with zero attached hydrogens (tertiary/aromatic N) is 2. The minimum absolute atomic E-state index is 0.181. The SMILES string of the molecule is O=C(c1cc(-c2ccco2)on1)N1CCOC(c2ccccc2F)C1. The van der Waals surface area contributed by atoms with Gasteiger partial charge in [0.25, 0.3) is 5.91 Å². The number of carbonyl (C=O) groups excluding carboxylic acids is 1. The Morgan fingerprint density at radius 3 is 2.88 bits per heavy atom. The van der Waals surface area contributed by atoms with E-state index in [9.17, 15) is 9.18 Å². The molecule has 7 heteroatoms. The third-order valence-electron chi connectivity index (χ3n) is 4.10. The second-order valence-corrected chi connectivity index (χ2v) is 5.69. The summed E-state index contributed by atoms with van der Waals surface area (Å²) in [6, 6.07) is 11.4. The van der Waals surface area contributed by atoms with Crippen LogP contribution in [-0.4, -0.2) is 35.7 Å². The summed E-state index contributed by atoms with van der Waals surface area (Å²) < 4.78 is 30.0. The Morgan fingerprint density at radius 1 is 1.20 bits per heavy atom. The summed E-state index contributed by atoms with van der Waals surface area (Å²) in [6.45, 7) is 0.989. The standard InChI is InChI=1S/C18H15FN2O4/c19-13-5-2-1-4-12(13)17-11-21(7-9-24-17)18(22)14-10-16(25-20-14)15-6-3-8-23-15/h1-6,8,10,17H,7,9,11H2. The molecule has 1 aromatic carbocycles. The third-order valence-corrected chi connectivity index (χ3v) is 4.10. The first-order chi connectivity index (χ1) is 12.2. The van der Waals surface area contributed by atoms with Gasteiger partial charge in [-0.2, -0.15) is 0 Å². The van der Waals surface area contributed by atoms with Gasteiger partial charge in [-0.15, -0.1) is 0 Å². The highest BCUT2D eigenvalue weighted by Gasteiger charge is 2.29. The fraction of sp³-hybridized carbons (Fsp3) is 0.222. The molecule has 0 radical (unpaired) electrons. The molecule has 1 amide bonds. The van der Waals surface area contributed by atoms with Gasteiger partial charge in [-0.1, -0.05) is 23.4 Å². The molecule has 0 aliphatic carbocycles. The summed E-state index contributed by atoms with van der Waals surface area (Å²) in [5.74, 6) is 0.250. The summed E-state index contributed by atoms with van der Waals surface area (Å²) in [4.78, 5) is 14.3. The fourth-order valence-corrected chi connectivity index (χ4v) is 2.83. The first kappa shape index (κ1) is 15.6. The van der Waals surface area contributed by atoms with E-state index in [-0.39, 0.29) is 24.0 Å². The second kappa shape index (κ2) is 6.52. The van der Waals surface area contributed by atoms with Crippen LogP contribution in [-0.2, 0) is 4.74 Å². The average molecular weight is 342 g/mol. The van der Waals surface area contributed by atoms with E-state index in [0.29, 0.717) is 30.2 Å². The first-order valence-corrected chi connectivity index (χ1v) is 7.88. The molecule has 0 saturated carbocycles. The highest BCUT2D eigenvalue weighted by atomic mass is 19.1. The number of halogens is 1. The van der Waals surface area contributed by atoms with E-state index in [1.54, 1.807) is 35.2 Å². The van der Waals surface area contributed by atoms with Crippen molar-refractivity contribution in [2.24, 2.45) is 0 Å². The zero-order valence-corrected chi connectivity index (χ0v) is 13.2. The Balaban J connectivity index is 1.51. The number of hydrogen-bond donors (Lipinski definition) is 0. The van der Waals surface area contributed by atoms with Crippen LogP contribution in [0.25, 0.3) is 11.5 Å². The molecule has 3 heterocycles. The van der Waals surface area contributed by atoms with Gasteiger partial charge in [0.2, 0.25) is 5.76 Å². The summed E-state index contributed by atoms with van der Waals surface area (Å²) in [5, 5.41) is 3.82. The molecular weight excluding hydrogens is 327 g/mol. The number of hydrogen-bond acceptors (Lipinski definition) is 5. The van der Waals surface area contributed by atoms with Crippen LogP contribution in [0.15, 0.2) is 57.7 Å². The smallest absolute Gasteiger partial charge is 0.276 e. The van der Waals surface area contributed by atoms with Crippen molar-refractivity contribution in [3.63, 3.8) is 0 Å². The van der Waals surface area contributed by atoms with E-state index in [1.165, 1.54) is 18.4 Å². The average Bonchev–Trinajstić information content (AvgIpc) is 3.33. The summed E-state index contributed by atoms with van der Waals surface area (Å²) >= 11 is 0. The molecule has 4 rings (SSSR count). The zero-order valence-electron chi connectivity index (χ0n) is 13.2. The molecule has 1 fully saturated rings. The molecule has 2 aromatic heterocycles. The van der Waals surface area contributed by atoms with Gasteiger partial charge in [0, 0.05) is 18.2 Å². The Labute approximate surface area is 142 Å². The number of aromatic nitrogens is 1. The van der Waals surface area contributed by atoms with Crippen molar-refractivity contribution in [2.75, 3.05) is 19.7 Å². The Morgan fingerprint density at radius 2 is 2.08 bits per heavy atom. The molecule has 1 saturated heterocycles. The van der Waals surface area contributed by atoms with E-state index in [0.717, 1.165) is 0 Å². The molecule has 1 aliphatic heterocycles. The van der Waals surface area contributed by atoms with E-state index >= 15 is 0 Å². The van der Waals surface area contributed by atoms with Gasteiger partial charge >= 0.3 is 0 Å². The summed E-state index contributed by atoms with van der Waals surface area (Å²) in [7, 11) is 0. The maximum atomic E-state index is 14.0. The fourth-order valence-electron chi connectivity index (χ4n) is 2.83. The Bertz CT molecular complexity index is 875. The second-order valence-electron chi connectivity index (χ2n) is 5.69. The highest BCUT2D eigenvalue weighted by molar-refractivity contribution is 5.93. The van der Waals surface area contributed by atoms with Crippen LogP contribution in [0.2, 0.25) is 0 Å². The van der Waals surface area contributed by atoms with Gasteiger partial charge in [-0.25, -0.2) is 4.39 Å². The van der Waals surface area contributed by atoms with Crippen LogP contribution >= 0.6 is 0 Å². The van der Waals surface area contributed by atoms with Crippen LogP contribution in [0.1, 0.15) is 22.2 Å². The van der Waals surface area contributed by atoms with Crippen LogP contribution in [0, 0.1) is 5.82 Å². The van der Waals surface area contributed by atoms with Gasteiger partial charge in [0.15, 0.2) is 11.5 Å². The number of rotatable bonds is 3. The third kappa shape index (κ3) is 3.06. The molecular formula is C18H15FN2O4. The van der Waals surface area contributed by atoms with Crippen LogP contribution in [0.5, 0.6) is 0 Å². The number of carbonyl (C=O) groups is 1. The largest absolute Gasteiger partial charge is 0.461 e. The predicted molar refractivity (Wildman–Crippen MR) is 85.2 cm³/mol. The van der Waals surface area contributed by atoms with E-state index < -0.39 is 6.10 Å². The Kier molecular flexibility index (Phi) is 4.07. The van der Waals surface area contributed by atoms with Crippen molar-refractivity contribution < 1.29 is 22.9 Å². The lowest BCUT2D eigenvalue weighted by Crippen LogP contribution is -2.42. The van der Waals surface area contributed by atoms with Crippen molar-refractivity contribution in [3.8, 4) is 11.5 Å². The van der Waals surface area contributed by atoms with Crippen molar-refractivity contribution >= 4 is 5.91 Å². The van der Waals surface area contributed by atoms with Gasteiger partial charge in [-0.05, 0) is 18.2 Å². The van der Waals surface area contributed by atoms with Gasteiger partial charge in [0.1, 0.15) is 11.9 Å². The zero-order chi connectivity index (χ0) is 17.2. The van der Waals surface area contributed by atoms with Crippen LogP contribution < -0.4 is 0 Å². The maximum Gasteiger partial charge on any atom is 0.276 e. The molecule has 128 valence electrons. The van der Waals surface area contributed by atoms with Gasteiger partial charge in [-0.3, -0.25) is 4.79 Å². The molecule has 0 spiro atoms. The Hall–Kier alpha value is -2.93. The maximum absolute atomic E-state index is 14.0. The van der Waals surface area contributed by atoms with Crippen molar-refractivity contribution in [2.45, 2.75) is 6.10 Å². The minimum Gasteiger partial charge on any atom is -0.461 e. The van der Waals surface area contributed by atoms with Crippen LogP contribution in [0.3, 0.4) is 0 Å². The minimum atomic E-state index is -0.504. The molecule has 0 N–H and O–H groups in total. The first-order valence-electron chi connectivity index (χ1n) is 7.88. The van der Waals surface area contributed by atoms with Crippen molar-refractivity contribution in [1.29, 1.82) is 0 Å². The number of morpholine rings is 1. The number of benzene rings is 1. The molecule has 0 bridgehead atoms. The molecule has 1 aliphatic rings. The van der Waals surface area contributed by atoms with E-state index in [4.69, 9.17) is 13.7 Å².